The number of nitrogens with one attached hydrogen (secondary N) is 1. The van der Waals surface area contributed by atoms with E-state index >= 15 is 0 Å². The van der Waals surface area contributed by atoms with Gasteiger partial charge in [-0.2, -0.15) is 13.2 Å². The van der Waals surface area contributed by atoms with Gasteiger partial charge in [-0.1, -0.05) is 19.8 Å². The Morgan fingerprint density at radius 2 is 2.09 bits per heavy atom. The summed E-state index contributed by atoms with van der Waals surface area (Å²) in [4.78, 5) is 26.6. The third kappa shape index (κ3) is 5.57. The molecular weight excluding hydrogens is 315 g/mol. The van der Waals surface area contributed by atoms with Crippen molar-refractivity contribution in [2.75, 3.05) is 0 Å². The highest BCUT2D eigenvalue weighted by Crippen LogP contribution is 2.36. The number of halogens is 3. The maximum Gasteiger partial charge on any atom is 0.399 e. The van der Waals surface area contributed by atoms with Gasteiger partial charge in [0.15, 0.2) is 0 Å². The first-order valence-corrected chi connectivity index (χ1v) is 7.22. The van der Waals surface area contributed by atoms with Gasteiger partial charge in [0.1, 0.15) is 17.8 Å². The van der Waals surface area contributed by atoms with Crippen LogP contribution < -0.4 is 5.32 Å². The number of carbonyl (C=O) groups is 2. The molecule has 0 aliphatic rings. The Bertz CT molecular complexity index is 543. The van der Waals surface area contributed by atoms with E-state index in [1.165, 1.54) is 24.0 Å². The summed E-state index contributed by atoms with van der Waals surface area (Å²) in [6.45, 7) is 1.85. The molecule has 0 fully saturated rings. The summed E-state index contributed by atoms with van der Waals surface area (Å²) in [7, 11) is 1.40. The summed E-state index contributed by atoms with van der Waals surface area (Å²) < 4.78 is 40.7. The van der Waals surface area contributed by atoms with Crippen LogP contribution >= 0.6 is 0 Å². The fraction of sp³-hybridized carbons (Fsp3) is 0.643. The molecule has 2 unspecified atom stereocenters. The number of alkyl halides is 3. The van der Waals surface area contributed by atoms with Gasteiger partial charge >= 0.3 is 12.1 Å². The predicted molar refractivity (Wildman–Crippen MR) is 75.7 cm³/mol. The highest BCUT2D eigenvalue weighted by Gasteiger charge is 2.44. The molecule has 0 aromatic carbocycles. The molecule has 0 aliphatic heterocycles. The average Bonchev–Trinajstić information content (AvgIpc) is 2.85. The molecule has 9 heteroatoms. The van der Waals surface area contributed by atoms with Gasteiger partial charge in [-0.05, 0) is 6.42 Å². The highest BCUT2D eigenvalue weighted by atomic mass is 19.4. The molecule has 130 valence electrons. The van der Waals surface area contributed by atoms with Crippen LogP contribution in [0.25, 0.3) is 0 Å². The van der Waals surface area contributed by atoms with Crippen LogP contribution in [0, 0.1) is 0 Å². The molecule has 0 spiro atoms. The lowest BCUT2D eigenvalue weighted by molar-refractivity contribution is -0.159. The number of hydrogen-bond donors (Lipinski definition) is 2. The van der Waals surface area contributed by atoms with Gasteiger partial charge in [0.05, 0.1) is 0 Å². The zero-order valence-corrected chi connectivity index (χ0v) is 12.9. The van der Waals surface area contributed by atoms with Gasteiger partial charge in [-0.25, -0.2) is 9.78 Å². The van der Waals surface area contributed by atoms with Gasteiger partial charge in [0.2, 0.25) is 5.91 Å². The number of aliphatic carboxylic acids is 1. The van der Waals surface area contributed by atoms with Crippen LogP contribution in [-0.2, 0) is 16.6 Å². The van der Waals surface area contributed by atoms with Gasteiger partial charge in [-0.3, -0.25) is 4.79 Å². The Labute approximate surface area is 131 Å². The van der Waals surface area contributed by atoms with Crippen molar-refractivity contribution < 1.29 is 27.9 Å². The van der Waals surface area contributed by atoms with E-state index in [0.717, 1.165) is 6.42 Å². The van der Waals surface area contributed by atoms with Crippen LogP contribution in [0.3, 0.4) is 0 Å². The van der Waals surface area contributed by atoms with Crippen LogP contribution in [0.1, 0.15) is 44.3 Å². The number of hydrogen-bond acceptors (Lipinski definition) is 3. The van der Waals surface area contributed by atoms with E-state index in [1.807, 2.05) is 6.92 Å². The standard InChI is InChI=1S/C14H20F3N3O3/c1-3-4-5-10(13(22)23)19-11(21)8-9(14(15,16)17)12-18-6-7-20(12)2/h6-7,9-10H,3-5,8H2,1-2H3,(H,19,21)(H,22,23). The molecule has 1 aromatic heterocycles. The fourth-order valence-corrected chi connectivity index (χ4v) is 2.17. The number of aromatic nitrogens is 2. The minimum Gasteiger partial charge on any atom is -0.480 e. The molecule has 23 heavy (non-hydrogen) atoms. The number of unbranched alkanes of at least 4 members (excludes halogenated alkanes) is 1. The molecule has 2 N–H and O–H groups in total. The third-order valence-corrected chi connectivity index (χ3v) is 3.43. The molecule has 1 amide bonds. The van der Waals surface area contributed by atoms with E-state index in [9.17, 15) is 22.8 Å². The second-order valence-corrected chi connectivity index (χ2v) is 5.30. The van der Waals surface area contributed by atoms with Crippen LogP contribution in [0.5, 0.6) is 0 Å². The van der Waals surface area contributed by atoms with Crippen LogP contribution in [-0.4, -0.2) is 38.8 Å². The van der Waals surface area contributed by atoms with E-state index in [2.05, 4.69) is 10.3 Å². The Kier molecular flexibility index (Phi) is 6.59. The normalized spacial score (nSPS) is 14.3. The Morgan fingerprint density at radius 3 is 2.52 bits per heavy atom. The minimum atomic E-state index is -4.65. The van der Waals surface area contributed by atoms with E-state index < -0.39 is 36.4 Å². The summed E-state index contributed by atoms with van der Waals surface area (Å²) in [5.41, 5.74) is 0. The number of rotatable bonds is 8. The molecule has 1 aromatic rings. The van der Waals surface area contributed by atoms with E-state index in [0.29, 0.717) is 6.42 Å². The van der Waals surface area contributed by atoms with Crippen molar-refractivity contribution in [3.63, 3.8) is 0 Å². The fourth-order valence-electron chi connectivity index (χ4n) is 2.17. The first-order valence-electron chi connectivity index (χ1n) is 7.22. The molecular formula is C14H20F3N3O3. The minimum absolute atomic E-state index is 0.177. The van der Waals surface area contributed by atoms with Crippen molar-refractivity contribution in [1.82, 2.24) is 14.9 Å². The Hall–Kier alpha value is -2.06. The van der Waals surface area contributed by atoms with Crippen LogP contribution in [0.4, 0.5) is 13.2 Å². The summed E-state index contributed by atoms with van der Waals surface area (Å²) >= 11 is 0. The SMILES string of the molecule is CCCCC(NC(=O)CC(c1nccn1C)C(F)(F)F)C(=O)O. The van der Waals surface area contributed by atoms with Crippen molar-refractivity contribution >= 4 is 11.9 Å². The van der Waals surface area contributed by atoms with E-state index in [-0.39, 0.29) is 12.2 Å². The molecule has 0 saturated heterocycles. The largest absolute Gasteiger partial charge is 0.480 e. The van der Waals surface area contributed by atoms with E-state index in [4.69, 9.17) is 5.11 Å². The van der Waals surface area contributed by atoms with Crippen molar-refractivity contribution in [2.45, 2.75) is 50.7 Å². The zero-order chi connectivity index (χ0) is 17.6. The number of amides is 1. The van der Waals surface area contributed by atoms with Crippen LogP contribution in [0.2, 0.25) is 0 Å². The highest BCUT2D eigenvalue weighted by molar-refractivity contribution is 5.83. The molecule has 2 atom stereocenters. The number of carboxylic acid groups (broad SMARTS) is 1. The summed E-state index contributed by atoms with van der Waals surface area (Å²) in [6, 6.07) is -1.18. The second-order valence-electron chi connectivity index (χ2n) is 5.30. The van der Waals surface area contributed by atoms with Crippen molar-refractivity contribution in [3.8, 4) is 0 Å². The quantitative estimate of drug-likeness (QED) is 0.763. The van der Waals surface area contributed by atoms with Gasteiger partial charge in [-0.15, -0.1) is 0 Å². The molecule has 0 saturated carbocycles. The average molecular weight is 335 g/mol. The van der Waals surface area contributed by atoms with Crippen LogP contribution in [0.15, 0.2) is 12.4 Å². The first-order chi connectivity index (χ1) is 10.7. The smallest absolute Gasteiger partial charge is 0.399 e. The van der Waals surface area contributed by atoms with Gasteiger partial charge in [0, 0.05) is 25.9 Å². The molecule has 1 rings (SSSR count). The molecule has 1 heterocycles. The van der Waals surface area contributed by atoms with Gasteiger partial charge in [0.25, 0.3) is 0 Å². The molecule has 6 nitrogen and oxygen atoms in total. The topological polar surface area (TPSA) is 84.2 Å². The number of carbonyl (C=O) groups excluding carboxylic acids is 1. The van der Waals surface area contributed by atoms with Crippen molar-refractivity contribution in [2.24, 2.45) is 7.05 Å². The lowest BCUT2D eigenvalue weighted by atomic mass is 10.0. The Morgan fingerprint density at radius 1 is 1.43 bits per heavy atom. The second kappa shape index (κ2) is 7.98. The van der Waals surface area contributed by atoms with Gasteiger partial charge < -0.3 is 15.0 Å². The predicted octanol–water partition coefficient (Wildman–Crippen LogP) is 2.22. The third-order valence-electron chi connectivity index (χ3n) is 3.43. The van der Waals surface area contributed by atoms with Crippen molar-refractivity contribution in [3.05, 3.63) is 18.2 Å². The monoisotopic (exact) mass is 335 g/mol. The molecule has 0 radical (unpaired) electrons. The maximum atomic E-state index is 13.2. The Balaban J connectivity index is 2.82. The lowest BCUT2D eigenvalue weighted by Crippen LogP contribution is -2.42. The summed E-state index contributed by atoms with van der Waals surface area (Å²) in [5.74, 6) is -4.58. The van der Waals surface area contributed by atoms with Crippen molar-refractivity contribution in [1.29, 1.82) is 0 Å². The lowest BCUT2D eigenvalue weighted by Gasteiger charge is -2.21. The number of nitrogens with zero attached hydrogens (tertiary/aromatic N) is 2. The number of imidazole rings is 1. The molecule has 0 bridgehead atoms. The van der Waals surface area contributed by atoms with E-state index in [1.54, 1.807) is 0 Å². The number of aryl methyl sites for hydroxylation is 1. The first kappa shape index (κ1) is 19.0. The zero-order valence-electron chi connectivity index (χ0n) is 12.9. The number of carboxylic acids is 1. The maximum absolute atomic E-state index is 13.2. The summed E-state index contributed by atoms with van der Waals surface area (Å²) in [6.07, 6.45) is -1.53. The molecule has 0 aliphatic carbocycles. The summed E-state index contributed by atoms with van der Waals surface area (Å²) in [5, 5.41) is 11.2.